The minimum Gasteiger partial charge on any atom is -0.455 e. The molecule has 0 radical (unpaired) electrons. The number of anilines is 2. The Morgan fingerprint density at radius 1 is 0.941 bits per heavy atom. The maximum Gasteiger partial charge on any atom is 0.293 e. The van der Waals surface area contributed by atoms with Gasteiger partial charge >= 0.3 is 0 Å². The highest BCUT2D eigenvalue weighted by molar-refractivity contribution is 6.05. The van der Waals surface area contributed by atoms with Gasteiger partial charge in [0.1, 0.15) is 11.4 Å². The van der Waals surface area contributed by atoms with Crippen LogP contribution >= 0.6 is 0 Å². The van der Waals surface area contributed by atoms with Crippen LogP contribution in [-0.4, -0.2) is 15.8 Å². The van der Waals surface area contributed by atoms with Crippen molar-refractivity contribution in [3.8, 4) is 11.5 Å². The molecule has 1 atom stereocenters. The Hall–Kier alpha value is -4.72. The summed E-state index contributed by atoms with van der Waals surface area (Å²) in [5.41, 5.74) is 1.44. The molecule has 4 aromatic rings. The minimum atomic E-state index is -0.517. The number of ether oxygens (including phenoxy) is 1. The zero-order chi connectivity index (χ0) is 23.9. The number of nitrogens with zero attached hydrogens (tertiary/aromatic N) is 2. The molecule has 0 saturated heterocycles. The van der Waals surface area contributed by atoms with Crippen LogP contribution < -0.4 is 15.4 Å². The molecule has 2 N–H and O–H groups in total. The van der Waals surface area contributed by atoms with E-state index in [1.807, 2.05) is 37.3 Å². The minimum absolute atomic E-state index is 0.150. The Bertz CT molecular complexity index is 1300. The molecule has 1 unspecified atom stereocenters. The molecule has 0 fully saturated rings. The van der Waals surface area contributed by atoms with Crippen LogP contribution in [0.2, 0.25) is 0 Å². The number of nitrogens with one attached hydrogen (secondary N) is 2. The molecule has 0 spiro atoms. The van der Waals surface area contributed by atoms with Crippen molar-refractivity contribution in [2.24, 2.45) is 0 Å². The highest BCUT2D eigenvalue weighted by atomic mass is 16.6. The third-order valence-electron chi connectivity index (χ3n) is 5.07. The van der Waals surface area contributed by atoms with Crippen LogP contribution in [0.3, 0.4) is 0 Å². The predicted molar refractivity (Wildman–Crippen MR) is 130 cm³/mol. The first-order valence-electron chi connectivity index (χ1n) is 10.6. The lowest BCUT2D eigenvalue weighted by atomic mass is 10.1. The second-order valence-corrected chi connectivity index (χ2v) is 7.48. The summed E-state index contributed by atoms with van der Waals surface area (Å²) in [6.45, 7) is 1.86. The monoisotopic (exact) mass is 454 g/mol. The molecule has 1 heterocycles. The topological polar surface area (TPSA) is 106 Å². The van der Waals surface area contributed by atoms with Crippen molar-refractivity contribution in [1.82, 2.24) is 4.98 Å². The van der Waals surface area contributed by atoms with Crippen molar-refractivity contribution in [1.29, 1.82) is 0 Å². The summed E-state index contributed by atoms with van der Waals surface area (Å²) in [4.78, 5) is 28.4. The second-order valence-electron chi connectivity index (χ2n) is 7.48. The number of para-hydroxylation sites is 3. The third-order valence-corrected chi connectivity index (χ3v) is 5.07. The van der Waals surface area contributed by atoms with Crippen molar-refractivity contribution in [2.45, 2.75) is 13.0 Å². The van der Waals surface area contributed by atoms with Gasteiger partial charge < -0.3 is 15.4 Å². The maximum atomic E-state index is 12.9. The van der Waals surface area contributed by atoms with Gasteiger partial charge in [-0.2, -0.15) is 0 Å². The smallest absolute Gasteiger partial charge is 0.293 e. The van der Waals surface area contributed by atoms with Gasteiger partial charge in [0.25, 0.3) is 11.6 Å². The SMILES string of the molecule is CC(Nc1ccc(C(=O)Nc2ccccc2Oc2ccccc2)cc1[N+](=O)[O-])c1ccccn1. The number of carbonyl (C=O) groups excluding carboxylic acids is 1. The summed E-state index contributed by atoms with van der Waals surface area (Å²) in [6, 6.07) is 25.7. The van der Waals surface area contributed by atoms with Gasteiger partial charge in [0.2, 0.25) is 0 Å². The van der Waals surface area contributed by atoms with Crippen LogP contribution in [0.1, 0.15) is 29.0 Å². The molecular weight excluding hydrogens is 432 g/mol. The van der Waals surface area contributed by atoms with Crippen LogP contribution in [0, 0.1) is 10.1 Å². The van der Waals surface area contributed by atoms with E-state index in [9.17, 15) is 14.9 Å². The molecule has 0 aliphatic rings. The molecule has 0 aliphatic heterocycles. The van der Waals surface area contributed by atoms with Crippen molar-refractivity contribution in [3.63, 3.8) is 0 Å². The first-order chi connectivity index (χ1) is 16.5. The number of nitro groups is 1. The van der Waals surface area contributed by atoms with Gasteiger partial charge in [0.05, 0.1) is 22.3 Å². The van der Waals surface area contributed by atoms with Crippen molar-refractivity contribution in [2.75, 3.05) is 10.6 Å². The maximum absolute atomic E-state index is 12.9. The van der Waals surface area contributed by atoms with E-state index in [0.29, 0.717) is 22.9 Å². The Kier molecular flexibility index (Phi) is 6.78. The van der Waals surface area contributed by atoms with E-state index in [-0.39, 0.29) is 17.3 Å². The lowest BCUT2D eigenvalue weighted by Gasteiger charge is -2.15. The summed E-state index contributed by atoms with van der Waals surface area (Å²) in [5, 5.41) is 17.6. The van der Waals surface area contributed by atoms with Gasteiger partial charge in [0, 0.05) is 17.8 Å². The van der Waals surface area contributed by atoms with E-state index in [1.54, 1.807) is 48.7 Å². The van der Waals surface area contributed by atoms with Crippen molar-refractivity contribution < 1.29 is 14.5 Å². The average Bonchev–Trinajstić information content (AvgIpc) is 2.86. The summed E-state index contributed by atoms with van der Waals surface area (Å²) in [6.07, 6.45) is 1.66. The molecule has 3 aromatic carbocycles. The first kappa shape index (κ1) is 22.5. The molecule has 170 valence electrons. The fraction of sp³-hybridized carbons (Fsp3) is 0.0769. The van der Waals surface area contributed by atoms with Gasteiger partial charge in [0.15, 0.2) is 5.75 Å². The van der Waals surface area contributed by atoms with E-state index in [4.69, 9.17) is 4.74 Å². The molecule has 0 saturated carbocycles. The molecule has 8 nitrogen and oxygen atoms in total. The molecule has 4 rings (SSSR count). The summed E-state index contributed by atoms with van der Waals surface area (Å²) < 4.78 is 5.87. The van der Waals surface area contributed by atoms with E-state index in [1.165, 1.54) is 18.2 Å². The number of pyridine rings is 1. The predicted octanol–water partition coefficient (Wildman–Crippen LogP) is 6.21. The first-order valence-corrected chi connectivity index (χ1v) is 10.6. The molecule has 0 bridgehead atoms. The lowest BCUT2D eigenvalue weighted by molar-refractivity contribution is -0.384. The van der Waals surface area contributed by atoms with Crippen molar-refractivity contribution >= 4 is 23.0 Å². The number of aromatic nitrogens is 1. The molecule has 8 heteroatoms. The fourth-order valence-electron chi connectivity index (χ4n) is 3.35. The normalized spacial score (nSPS) is 11.3. The van der Waals surface area contributed by atoms with Gasteiger partial charge in [-0.3, -0.25) is 19.9 Å². The van der Waals surface area contributed by atoms with Crippen LogP contribution in [0.15, 0.2) is 97.2 Å². The van der Waals surface area contributed by atoms with Crippen LogP contribution in [0.4, 0.5) is 17.1 Å². The molecule has 34 heavy (non-hydrogen) atoms. The standard InChI is InChI=1S/C26H22N4O4/c1-18(21-11-7-8-16-27-21)28-22-15-14-19(17-24(22)30(32)33)26(31)29-23-12-5-6-13-25(23)34-20-9-3-2-4-10-20/h2-18,28H,1H3,(H,29,31). The quantitative estimate of drug-likeness (QED) is 0.242. The Labute approximate surface area is 196 Å². The van der Waals surface area contributed by atoms with Crippen molar-refractivity contribution in [3.05, 3.63) is 119 Å². The number of benzene rings is 3. The summed E-state index contributed by atoms with van der Waals surface area (Å²) in [5.74, 6) is 0.591. The van der Waals surface area contributed by atoms with Crippen LogP contribution in [0.25, 0.3) is 0 Å². The van der Waals surface area contributed by atoms with E-state index in [2.05, 4.69) is 15.6 Å². The number of hydrogen-bond acceptors (Lipinski definition) is 6. The second kappa shape index (κ2) is 10.3. The van der Waals surface area contributed by atoms with E-state index >= 15 is 0 Å². The van der Waals surface area contributed by atoms with E-state index < -0.39 is 10.8 Å². The van der Waals surface area contributed by atoms with Gasteiger partial charge in [-0.15, -0.1) is 0 Å². The summed E-state index contributed by atoms with van der Waals surface area (Å²) in [7, 11) is 0. The third kappa shape index (κ3) is 5.36. The largest absolute Gasteiger partial charge is 0.455 e. The Morgan fingerprint density at radius 3 is 2.41 bits per heavy atom. The van der Waals surface area contributed by atoms with Gasteiger partial charge in [-0.25, -0.2) is 0 Å². The van der Waals surface area contributed by atoms with Crippen LogP contribution in [0.5, 0.6) is 11.5 Å². The zero-order valence-corrected chi connectivity index (χ0v) is 18.3. The molecule has 0 aliphatic carbocycles. The molecule has 1 amide bonds. The molecule has 1 aromatic heterocycles. The highest BCUT2D eigenvalue weighted by Gasteiger charge is 2.20. The van der Waals surface area contributed by atoms with E-state index in [0.717, 1.165) is 5.69 Å². The van der Waals surface area contributed by atoms with Crippen LogP contribution in [-0.2, 0) is 0 Å². The highest BCUT2D eigenvalue weighted by Crippen LogP contribution is 2.31. The number of hydrogen-bond donors (Lipinski definition) is 2. The number of amides is 1. The number of rotatable bonds is 8. The Balaban J connectivity index is 1.54. The fourth-order valence-corrected chi connectivity index (χ4v) is 3.35. The number of nitro benzene ring substituents is 1. The Morgan fingerprint density at radius 2 is 1.68 bits per heavy atom. The van der Waals surface area contributed by atoms with Gasteiger partial charge in [-0.1, -0.05) is 36.4 Å². The summed E-state index contributed by atoms with van der Waals surface area (Å²) >= 11 is 0. The van der Waals surface area contributed by atoms with Gasteiger partial charge in [-0.05, 0) is 55.5 Å². The lowest BCUT2D eigenvalue weighted by Crippen LogP contribution is -2.14. The number of carbonyl (C=O) groups is 1. The average molecular weight is 454 g/mol. The zero-order valence-electron chi connectivity index (χ0n) is 18.3. The molecular formula is C26H22N4O4.